The van der Waals surface area contributed by atoms with Gasteiger partial charge < -0.3 is 10.3 Å². The van der Waals surface area contributed by atoms with Crippen LogP contribution in [0, 0.1) is 5.82 Å². The zero-order chi connectivity index (χ0) is 17.9. The average molecular weight is 346 g/mol. The summed E-state index contributed by atoms with van der Waals surface area (Å²) in [5.41, 5.74) is 3.25. The standard InChI is InChI=1S/C20H15FN4O/c21-17-6-2-1-4-13(17)10-23-18-8-7-14(11-24-18)19-16(12-26)15-5-3-9-22-20(15)25-19/h1-9,11-12H,10H2,(H,22,25)(H,23,24). The van der Waals surface area contributed by atoms with Gasteiger partial charge in [-0.25, -0.2) is 14.4 Å². The molecule has 6 heteroatoms. The van der Waals surface area contributed by atoms with Crippen molar-refractivity contribution in [3.05, 3.63) is 77.9 Å². The monoisotopic (exact) mass is 346 g/mol. The number of hydrogen-bond acceptors (Lipinski definition) is 4. The zero-order valence-electron chi connectivity index (χ0n) is 13.7. The van der Waals surface area contributed by atoms with Gasteiger partial charge in [0.15, 0.2) is 6.29 Å². The lowest BCUT2D eigenvalue weighted by molar-refractivity contribution is 0.112. The Kier molecular flexibility index (Phi) is 4.15. The van der Waals surface area contributed by atoms with Crippen molar-refractivity contribution in [3.8, 4) is 11.3 Å². The minimum Gasteiger partial charge on any atom is -0.366 e. The summed E-state index contributed by atoms with van der Waals surface area (Å²) >= 11 is 0. The molecule has 0 unspecified atom stereocenters. The van der Waals surface area contributed by atoms with Crippen LogP contribution >= 0.6 is 0 Å². The lowest BCUT2D eigenvalue weighted by Gasteiger charge is -2.07. The van der Waals surface area contributed by atoms with Crippen molar-refractivity contribution in [1.82, 2.24) is 15.0 Å². The molecule has 0 radical (unpaired) electrons. The topological polar surface area (TPSA) is 70.7 Å². The van der Waals surface area contributed by atoms with Gasteiger partial charge in [-0.3, -0.25) is 4.79 Å². The number of carbonyl (C=O) groups is 1. The summed E-state index contributed by atoms with van der Waals surface area (Å²) in [5, 5.41) is 3.87. The maximum absolute atomic E-state index is 13.7. The third-order valence-electron chi connectivity index (χ3n) is 4.20. The molecule has 0 atom stereocenters. The number of aldehydes is 1. The second kappa shape index (κ2) is 6.76. The second-order valence-electron chi connectivity index (χ2n) is 5.81. The van der Waals surface area contributed by atoms with Crippen LogP contribution in [-0.4, -0.2) is 21.2 Å². The van der Waals surface area contributed by atoms with Crippen LogP contribution < -0.4 is 5.32 Å². The Labute approximate surface area is 148 Å². The van der Waals surface area contributed by atoms with Gasteiger partial charge in [0.1, 0.15) is 17.3 Å². The third-order valence-corrected chi connectivity index (χ3v) is 4.20. The Morgan fingerprint density at radius 2 is 1.96 bits per heavy atom. The molecular formula is C20H15FN4O. The van der Waals surface area contributed by atoms with E-state index in [0.717, 1.165) is 17.2 Å². The maximum Gasteiger partial charge on any atom is 0.152 e. The van der Waals surface area contributed by atoms with Crippen LogP contribution in [0.15, 0.2) is 60.9 Å². The summed E-state index contributed by atoms with van der Waals surface area (Å²) < 4.78 is 13.7. The molecule has 26 heavy (non-hydrogen) atoms. The molecule has 0 amide bonds. The van der Waals surface area contributed by atoms with Gasteiger partial charge in [0.2, 0.25) is 0 Å². The molecule has 2 N–H and O–H groups in total. The number of aromatic amines is 1. The van der Waals surface area contributed by atoms with Crippen LogP contribution in [0.25, 0.3) is 22.3 Å². The van der Waals surface area contributed by atoms with Crippen LogP contribution in [0.1, 0.15) is 15.9 Å². The Balaban J connectivity index is 1.58. The first-order chi connectivity index (χ1) is 12.8. The van der Waals surface area contributed by atoms with E-state index >= 15 is 0 Å². The summed E-state index contributed by atoms with van der Waals surface area (Å²) in [6.45, 7) is 0.342. The van der Waals surface area contributed by atoms with Crippen LogP contribution in [0.3, 0.4) is 0 Å². The highest BCUT2D eigenvalue weighted by molar-refractivity contribution is 6.03. The van der Waals surface area contributed by atoms with E-state index in [9.17, 15) is 9.18 Å². The summed E-state index contributed by atoms with van der Waals surface area (Å²) in [7, 11) is 0. The highest BCUT2D eigenvalue weighted by Crippen LogP contribution is 2.28. The summed E-state index contributed by atoms with van der Waals surface area (Å²) in [4.78, 5) is 23.3. The van der Waals surface area contributed by atoms with Crippen molar-refractivity contribution in [3.63, 3.8) is 0 Å². The molecule has 0 saturated heterocycles. The van der Waals surface area contributed by atoms with Gasteiger partial charge in [0.05, 0.1) is 5.69 Å². The van der Waals surface area contributed by atoms with Crippen LogP contribution in [0.2, 0.25) is 0 Å². The van der Waals surface area contributed by atoms with E-state index in [1.165, 1.54) is 6.07 Å². The molecule has 0 saturated carbocycles. The second-order valence-corrected chi connectivity index (χ2v) is 5.81. The molecule has 0 spiro atoms. The molecule has 0 aliphatic heterocycles. The van der Waals surface area contributed by atoms with E-state index in [1.54, 1.807) is 42.7 Å². The molecule has 4 aromatic rings. The molecule has 1 aromatic carbocycles. The first-order valence-electron chi connectivity index (χ1n) is 8.12. The molecule has 0 fully saturated rings. The van der Waals surface area contributed by atoms with E-state index in [-0.39, 0.29) is 5.82 Å². The number of carbonyl (C=O) groups excluding carboxylic acids is 1. The predicted octanol–water partition coefficient (Wildman–Crippen LogP) is 4.19. The van der Waals surface area contributed by atoms with Crippen molar-refractivity contribution >= 4 is 23.1 Å². The van der Waals surface area contributed by atoms with Crippen LogP contribution in [-0.2, 0) is 6.54 Å². The molecule has 0 bridgehead atoms. The fourth-order valence-electron chi connectivity index (χ4n) is 2.87. The lowest BCUT2D eigenvalue weighted by Crippen LogP contribution is -2.03. The smallest absolute Gasteiger partial charge is 0.152 e. The highest BCUT2D eigenvalue weighted by atomic mass is 19.1. The molecule has 4 rings (SSSR count). The number of aromatic nitrogens is 3. The Morgan fingerprint density at radius 1 is 1.08 bits per heavy atom. The maximum atomic E-state index is 13.7. The summed E-state index contributed by atoms with van der Waals surface area (Å²) in [6, 6.07) is 13.9. The van der Waals surface area contributed by atoms with Gasteiger partial charge in [0, 0.05) is 41.0 Å². The summed E-state index contributed by atoms with van der Waals surface area (Å²) in [6.07, 6.45) is 4.16. The minimum atomic E-state index is -0.252. The molecule has 128 valence electrons. The third kappa shape index (κ3) is 2.93. The van der Waals surface area contributed by atoms with E-state index in [4.69, 9.17) is 0 Å². The first-order valence-corrected chi connectivity index (χ1v) is 8.12. The number of H-pyrrole nitrogens is 1. The number of nitrogens with zero attached hydrogens (tertiary/aromatic N) is 2. The average Bonchev–Trinajstić information content (AvgIpc) is 3.06. The number of pyridine rings is 2. The van der Waals surface area contributed by atoms with Crippen molar-refractivity contribution < 1.29 is 9.18 Å². The van der Waals surface area contributed by atoms with E-state index in [0.29, 0.717) is 34.8 Å². The van der Waals surface area contributed by atoms with Crippen LogP contribution in [0.4, 0.5) is 10.2 Å². The zero-order valence-corrected chi connectivity index (χ0v) is 13.7. The van der Waals surface area contributed by atoms with Gasteiger partial charge >= 0.3 is 0 Å². The predicted molar refractivity (Wildman–Crippen MR) is 98.4 cm³/mol. The van der Waals surface area contributed by atoms with Crippen LogP contribution in [0.5, 0.6) is 0 Å². The van der Waals surface area contributed by atoms with Gasteiger partial charge in [0.25, 0.3) is 0 Å². The fourth-order valence-corrected chi connectivity index (χ4v) is 2.87. The SMILES string of the molecule is O=Cc1c(-c2ccc(NCc3ccccc3F)nc2)[nH]c2ncccc12. The fraction of sp³-hybridized carbons (Fsp3) is 0.0500. The largest absolute Gasteiger partial charge is 0.366 e. The number of benzene rings is 1. The number of anilines is 1. The number of fused-ring (bicyclic) bond motifs is 1. The molecule has 0 aliphatic rings. The molecule has 0 aliphatic carbocycles. The van der Waals surface area contributed by atoms with Crippen molar-refractivity contribution in [2.75, 3.05) is 5.32 Å². The number of halogens is 1. The normalized spacial score (nSPS) is 10.8. The van der Waals surface area contributed by atoms with Crippen molar-refractivity contribution in [2.45, 2.75) is 6.54 Å². The van der Waals surface area contributed by atoms with Crippen molar-refractivity contribution in [1.29, 1.82) is 0 Å². The van der Waals surface area contributed by atoms with Gasteiger partial charge in [-0.2, -0.15) is 0 Å². The van der Waals surface area contributed by atoms with Gasteiger partial charge in [-0.05, 0) is 30.3 Å². The molecule has 3 heterocycles. The van der Waals surface area contributed by atoms with Crippen molar-refractivity contribution in [2.24, 2.45) is 0 Å². The van der Waals surface area contributed by atoms with Gasteiger partial charge in [-0.1, -0.05) is 18.2 Å². The van der Waals surface area contributed by atoms with E-state index in [2.05, 4.69) is 20.3 Å². The lowest BCUT2D eigenvalue weighted by atomic mass is 10.1. The minimum absolute atomic E-state index is 0.252. The Hall–Kier alpha value is -3.54. The number of nitrogens with one attached hydrogen (secondary N) is 2. The quantitative estimate of drug-likeness (QED) is 0.532. The highest BCUT2D eigenvalue weighted by Gasteiger charge is 2.13. The molecule has 5 nitrogen and oxygen atoms in total. The Morgan fingerprint density at radius 3 is 2.73 bits per heavy atom. The number of hydrogen-bond donors (Lipinski definition) is 2. The molecular weight excluding hydrogens is 331 g/mol. The first kappa shape index (κ1) is 16.0. The summed E-state index contributed by atoms with van der Waals surface area (Å²) in [5.74, 6) is 0.372. The van der Waals surface area contributed by atoms with E-state index in [1.807, 2.05) is 12.1 Å². The van der Waals surface area contributed by atoms with Gasteiger partial charge in [-0.15, -0.1) is 0 Å². The number of rotatable bonds is 5. The Bertz CT molecular complexity index is 1070. The molecule has 3 aromatic heterocycles. The van der Waals surface area contributed by atoms with E-state index < -0.39 is 0 Å².